The van der Waals surface area contributed by atoms with Crippen molar-refractivity contribution in [3.8, 4) is 5.75 Å². The quantitative estimate of drug-likeness (QED) is 0.899. The van der Waals surface area contributed by atoms with Gasteiger partial charge in [0.2, 0.25) is 5.56 Å². The fourth-order valence-electron chi connectivity index (χ4n) is 1.68. The molecule has 0 aliphatic carbocycles. The Labute approximate surface area is 104 Å². The van der Waals surface area contributed by atoms with Crippen molar-refractivity contribution in [1.82, 2.24) is 4.98 Å². The van der Waals surface area contributed by atoms with Crippen LogP contribution in [0, 0.1) is 0 Å². The van der Waals surface area contributed by atoms with Gasteiger partial charge in [-0.3, -0.25) is 4.98 Å². The van der Waals surface area contributed by atoms with Gasteiger partial charge in [-0.05, 0) is 24.3 Å². The number of pyridine rings is 1. The number of anilines is 1. The summed E-state index contributed by atoms with van der Waals surface area (Å²) in [6.07, 6.45) is 1.81. The molecule has 1 aliphatic heterocycles. The zero-order valence-electron chi connectivity index (χ0n) is 9.17. The van der Waals surface area contributed by atoms with E-state index in [1.54, 1.807) is 11.8 Å². The van der Waals surface area contributed by atoms with Crippen molar-refractivity contribution >= 4 is 17.4 Å². The first-order valence-electron chi connectivity index (χ1n) is 5.45. The Hall–Kier alpha value is -1.68. The van der Waals surface area contributed by atoms with Crippen molar-refractivity contribution in [1.29, 1.82) is 0 Å². The molecule has 0 spiro atoms. The molecule has 17 heavy (non-hydrogen) atoms. The first kappa shape index (κ1) is 10.5. The predicted octanol–water partition coefficient (Wildman–Crippen LogP) is 3.10. The van der Waals surface area contributed by atoms with Crippen molar-refractivity contribution in [2.75, 3.05) is 5.32 Å². The number of para-hydroxylation sites is 2. The van der Waals surface area contributed by atoms with Gasteiger partial charge in [-0.15, -0.1) is 0 Å². The zero-order chi connectivity index (χ0) is 11.5. The maximum absolute atomic E-state index is 5.75. The molecule has 0 saturated carbocycles. The molecule has 0 bridgehead atoms. The van der Waals surface area contributed by atoms with E-state index in [9.17, 15) is 0 Å². The molecular weight excluding hydrogens is 232 g/mol. The van der Waals surface area contributed by atoms with Crippen molar-refractivity contribution in [3.63, 3.8) is 0 Å². The Morgan fingerprint density at radius 1 is 1.18 bits per heavy atom. The minimum atomic E-state index is -0.0191. The number of benzene rings is 1. The molecule has 0 saturated heterocycles. The second-order valence-corrected chi connectivity index (χ2v) is 4.77. The van der Waals surface area contributed by atoms with E-state index in [1.807, 2.05) is 48.7 Å². The molecule has 0 fully saturated rings. The number of fused-ring (bicyclic) bond motifs is 1. The smallest absolute Gasteiger partial charge is 0.219 e. The second kappa shape index (κ2) is 4.67. The van der Waals surface area contributed by atoms with E-state index in [4.69, 9.17) is 4.74 Å². The molecule has 1 aromatic carbocycles. The van der Waals surface area contributed by atoms with E-state index in [0.29, 0.717) is 0 Å². The second-order valence-electron chi connectivity index (χ2n) is 3.72. The number of thioether (sulfide) groups is 1. The van der Waals surface area contributed by atoms with Crippen molar-refractivity contribution in [2.45, 2.75) is 11.3 Å². The Morgan fingerprint density at radius 3 is 2.88 bits per heavy atom. The summed E-state index contributed by atoms with van der Waals surface area (Å²) in [4.78, 5) is 4.28. The number of hydrogen-bond acceptors (Lipinski definition) is 4. The number of rotatable bonds is 3. The molecule has 0 radical (unpaired) electrons. The van der Waals surface area contributed by atoms with Crippen LogP contribution < -0.4 is 10.1 Å². The molecule has 1 N–H and O–H groups in total. The molecule has 86 valence electrons. The highest BCUT2D eigenvalue weighted by atomic mass is 32.2. The number of nitrogens with zero attached hydrogens (tertiary/aromatic N) is 1. The van der Waals surface area contributed by atoms with Crippen LogP contribution in [-0.2, 0) is 5.75 Å². The van der Waals surface area contributed by atoms with Gasteiger partial charge in [0.15, 0.2) is 0 Å². The normalized spacial score (nSPS) is 17.1. The van der Waals surface area contributed by atoms with Gasteiger partial charge in [0.1, 0.15) is 5.75 Å². The Balaban J connectivity index is 1.59. The van der Waals surface area contributed by atoms with Gasteiger partial charge in [0.05, 0.1) is 11.4 Å². The van der Waals surface area contributed by atoms with Gasteiger partial charge in [0.25, 0.3) is 0 Å². The number of ether oxygens (including phenoxy) is 1. The maximum atomic E-state index is 5.75. The van der Waals surface area contributed by atoms with Crippen LogP contribution in [0.4, 0.5) is 5.69 Å². The number of nitrogens with one attached hydrogen (secondary N) is 1. The molecular formula is C13H12N2OS. The van der Waals surface area contributed by atoms with Crippen molar-refractivity contribution < 1.29 is 4.74 Å². The van der Waals surface area contributed by atoms with Crippen LogP contribution in [0.3, 0.4) is 0 Å². The predicted molar refractivity (Wildman–Crippen MR) is 70.0 cm³/mol. The summed E-state index contributed by atoms with van der Waals surface area (Å²) < 4.78 is 5.75. The lowest BCUT2D eigenvalue weighted by molar-refractivity contribution is 0.340. The van der Waals surface area contributed by atoms with E-state index in [0.717, 1.165) is 22.9 Å². The van der Waals surface area contributed by atoms with Gasteiger partial charge >= 0.3 is 0 Å². The van der Waals surface area contributed by atoms with E-state index in [2.05, 4.69) is 10.3 Å². The summed E-state index contributed by atoms with van der Waals surface area (Å²) in [5, 5.41) is 3.32. The summed E-state index contributed by atoms with van der Waals surface area (Å²) in [5.41, 5.74) is 2.11. The molecule has 1 aliphatic rings. The molecule has 2 heterocycles. The Bertz CT molecular complexity index is 479. The first-order chi connectivity index (χ1) is 8.42. The van der Waals surface area contributed by atoms with Gasteiger partial charge < -0.3 is 10.1 Å². The van der Waals surface area contributed by atoms with Crippen molar-refractivity contribution in [3.05, 3.63) is 54.4 Å². The van der Waals surface area contributed by atoms with E-state index in [1.165, 1.54) is 0 Å². The molecule has 1 unspecified atom stereocenters. The topological polar surface area (TPSA) is 34.1 Å². The summed E-state index contributed by atoms with van der Waals surface area (Å²) in [5.74, 6) is 1.76. The van der Waals surface area contributed by atoms with Crippen LogP contribution in [-0.4, -0.2) is 10.5 Å². The van der Waals surface area contributed by atoms with Gasteiger partial charge in [0, 0.05) is 11.9 Å². The van der Waals surface area contributed by atoms with Crippen LogP contribution >= 0.6 is 11.8 Å². The van der Waals surface area contributed by atoms with Gasteiger partial charge in [-0.2, -0.15) is 0 Å². The monoisotopic (exact) mass is 244 g/mol. The van der Waals surface area contributed by atoms with Gasteiger partial charge in [-0.25, -0.2) is 0 Å². The third-order valence-corrected chi connectivity index (χ3v) is 3.48. The van der Waals surface area contributed by atoms with Crippen LogP contribution in [0.25, 0.3) is 0 Å². The lowest BCUT2D eigenvalue weighted by Crippen LogP contribution is -2.15. The molecule has 4 heteroatoms. The maximum Gasteiger partial charge on any atom is 0.219 e. The van der Waals surface area contributed by atoms with Crippen LogP contribution in [0.2, 0.25) is 0 Å². The highest BCUT2D eigenvalue weighted by Gasteiger charge is 2.21. The van der Waals surface area contributed by atoms with Gasteiger partial charge in [-0.1, -0.05) is 30.0 Å². The molecule has 3 nitrogen and oxygen atoms in total. The fourth-order valence-corrected chi connectivity index (χ4v) is 2.56. The fraction of sp³-hybridized carbons (Fsp3) is 0.154. The average molecular weight is 244 g/mol. The standard InChI is InChI=1S/C13H12N2OS/c1-2-7-12-11(6-1)15-13(16-12)17-9-10-5-3-4-8-14-10/h1-8,13,15H,9H2. The van der Waals surface area contributed by atoms with E-state index >= 15 is 0 Å². The van der Waals surface area contributed by atoms with E-state index < -0.39 is 0 Å². The molecule has 2 aromatic rings. The molecule has 3 rings (SSSR count). The van der Waals surface area contributed by atoms with Crippen molar-refractivity contribution in [2.24, 2.45) is 0 Å². The highest BCUT2D eigenvalue weighted by molar-refractivity contribution is 7.99. The summed E-state index contributed by atoms with van der Waals surface area (Å²) in [6.45, 7) is 0. The third kappa shape index (κ3) is 2.36. The number of aromatic nitrogens is 1. The third-order valence-electron chi connectivity index (χ3n) is 2.50. The lowest BCUT2D eigenvalue weighted by Gasteiger charge is -2.09. The lowest BCUT2D eigenvalue weighted by atomic mass is 10.3. The van der Waals surface area contributed by atoms with Crippen LogP contribution in [0.15, 0.2) is 48.7 Å². The van der Waals surface area contributed by atoms with Crippen LogP contribution in [0.5, 0.6) is 5.75 Å². The minimum Gasteiger partial charge on any atom is -0.459 e. The zero-order valence-corrected chi connectivity index (χ0v) is 9.98. The molecule has 1 aromatic heterocycles. The largest absolute Gasteiger partial charge is 0.459 e. The summed E-state index contributed by atoms with van der Waals surface area (Å²) in [6, 6.07) is 13.9. The average Bonchev–Trinajstić information content (AvgIpc) is 2.80. The number of hydrogen-bond donors (Lipinski definition) is 1. The minimum absolute atomic E-state index is 0.0191. The summed E-state index contributed by atoms with van der Waals surface area (Å²) >= 11 is 1.70. The molecule has 0 amide bonds. The summed E-state index contributed by atoms with van der Waals surface area (Å²) in [7, 11) is 0. The van der Waals surface area contributed by atoms with E-state index in [-0.39, 0.29) is 5.56 Å². The highest BCUT2D eigenvalue weighted by Crippen LogP contribution is 2.35. The Kier molecular flexibility index (Phi) is 2.88. The molecule has 1 atom stereocenters. The van der Waals surface area contributed by atoms with Crippen LogP contribution in [0.1, 0.15) is 5.69 Å². The Morgan fingerprint density at radius 2 is 2.06 bits per heavy atom. The SMILES string of the molecule is c1ccc(CSC2Nc3ccccc3O2)nc1. The first-order valence-corrected chi connectivity index (χ1v) is 6.50.